The minimum Gasteiger partial charge on any atom is -0.494 e. The Morgan fingerprint density at radius 2 is 2.00 bits per heavy atom. The van der Waals surface area contributed by atoms with Gasteiger partial charge >= 0.3 is 0 Å². The van der Waals surface area contributed by atoms with Crippen LogP contribution in [0.25, 0.3) is 6.08 Å². The van der Waals surface area contributed by atoms with Crippen molar-refractivity contribution in [3.63, 3.8) is 0 Å². The number of para-hydroxylation sites is 1. The van der Waals surface area contributed by atoms with Crippen molar-refractivity contribution in [1.29, 1.82) is 0 Å². The fraction of sp³-hybridized carbons (Fsp3) is 0.111. The van der Waals surface area contributed by atoms with Crippen molar-refractivity contribution < 1.29 is 9.66 Å². The first-order valence-electron chi connectivity index (χ1n) is 7.83. The quantitative estimate of drug-likeness (QED) is 0.332. The summed E-state index contributed by atoms with van der Waals surface area (Å²) in [6.45, 7) is 2.54. The Bertz CT molecular complexity index is 819. The first-order valence-corrected chi connectivity index (χ1v) is 8.24. The van der Waals surface area contributed by atoms with Crippen LogP contribution in [0.15, 0.2) is 59.7 Å². The predicted molar refractivity (Wildman–Crippen MR) is 108 cm³/mol. The lowest BCUT2D eigenvalue weighted by molar-refractivity contribution is -0.385. The van der Waals surface area contributed by atoms with Crippen LogP contribution >= 0.6 is 12.2 Å². The lowest BCUT2D eigenvalue weighted by Gasteiger charge is -2.08. The Labute approximate surface area is 156 Å². The van der Waals surface area contributed by atoms with Crippen LogP contribution in [0.5, 0.6) is 5.75 Å². The molecule has 2 rings (SSSR count). The molecular formula is C18H18N4O3S. The van der Waals surface area contributed by atoms with E-state index in [1.165, 1.54) is 12.3 Å². The monoisotopic (exact) mass is 370 g/mol. The van der Waals surface area contributed by atoms with Crippen molar-refractivity contribution in [3.05, 3.63) is 70.3 Å². The summed E-state index contributed by atoms with van der Waals surface area (Å²) < 4.78 is 5.37. The first-order chi connectivity index (χ1) is 12.6. The molecule has 0 amide bonds. The average Bonchev–Trinajstić information content (AvgIpc) is 2.63. The largest absolute Gasteiger partial charge is 0.494 e. The smallest absolute Gasteiger partial charge is 0.276 e. The van der Waals surface area contributed by atoms with Crippen molar-refractivity contribution in [1.82, 2.24) is 5.43 Å². The van der Waals surface area contributed by atoms with Crippen molar-refractivity contribution in [2.24, 2.45) is 5.10 Å². The van der Waals surface area contributed by atoms with Gasteiger partial charge in [-0.15, -0.1) is 0 Å². The van der Waals surface area contributed by atoms with Crippen LogP contribution in [-0.2, 0) is 0 Å². The van der Waals surface area contributed by atoms with Crippen LogP contribution in [0.3, 0.4) is 0 Å². The van der Waals surface area contributed by atoms with E-state index in [4.69, 9.17) is 17.0 Å². The van der Waals surface area contributed by atoms with Crippen molar-refractivity contribution in [2.45, 2.75) is 6.92 Å². The number of hydrazone groups is 1. The van der Waals surface area contributed by atoms with Gasteiger partial charge in [0.05, 0.1) is 17.1 Å². The SMILES string of the molecule is CCOc1ccc(NC(=S)N/N=C\C=C\c2ccccc2[N+](=O)[O-])cc1. The molecule has 26 heavy (non-hydrogen) atoms. The molecule has 8 heteroatoms. The van der Waals surface area contributed by atoms with Gasteiger partial charge in [0.2, 0.25) is 0 Å². The summed E-state index contributed by atoms with van der Waals surface area (Å²) in [4.78, 5) is 10.5. The lowest BCUT2D eigenvalue weighted by Crippen LogP contribution is -2.23. The number of rotatable bonds is 7. The minimum atomic E-state index is -0.426. The van der Waals surface area contributed by atoms with E-state index in [2.05, 4.69) is 15.8 Å². The molecule has 134 valence electrons. The van der Waals surface area contributed by atoms with E-state index in [1.54, 1.807) is 30.4 Å². The van der Waals surface area contributed by atoms with E-state index in [0.717, 1.165) is 11.4 Å². The fourth-order valence-corrected chi connectivity index (χ4v) is 2.21. The van der Waals surface area contributed by atoms with E-state index in [9.17, 15) is 10.1 Å². The number of nitro groups is 1. The number of thiocarbonyl (C=S) groups is 1. The fourth-order valence-electron chi connectivity index (χ4n) is 2.04. The molecule has 0 spiro atoms. The third-order valence-corrected chi connectivity index (χ3v) is 3.35. The maximum atomic E-state index is 10.9. The first kappa shape index (κ1) is 19.1. The van der Waals surface area contributed by atoms with Gasteiger partial charge in [-0.05, 0) is 61.6 Å². The Morgan fingerprint density at radius 1 is 1.27 bits per heavy atom. The van der Waals surface area contributed by atoms with Crippen molar-refractivity contribution >= 4 is 41.0 Å². The maximum absolute atomic E-state index is 10.9. The highest BCUT2D eigenvalue weighted by molar-refractivity contribution is 7.80. The van der Waals surface area contributed by atoms with E-state index in [-0.39, 0.29) is 5.69 Å². The van der Waals surface area contributed by atoms with Crippen LogP contribution in [0.1, 0.15) is 12.5 Å². The summed E-state index contributed by atoms with van der Waals surface area (Å²) in [5, 5.41) is 18.2. The molecule has 0 heterocycles. The summed E-state index contributed by atoms with van der Waals surface area (Å²) in [5.74, 6) is 0.787. The molecule has 0 radical (unpaired) electrons. The van der Waals surface area contributed by atoms with Gasteiger partial charge < -0.3 is 10.1 Å². The summed E-state index contributed by atoms with van der Waals surface area (Å²) in [7, 11) is 0. The topological polar surface area (TPSA) is 88.8 Å². The number of hydrogen-bond donors (Lipinski definition) is 2. The Hall–Kier alpha value is -3.26. The number of nitrogens with zero attached hydrogens (tertiary/aromatic N) is 2. The number of anilines is 1. The van der Waals surface area contributed by atoms with E-state index in [0.29, 0.717) is 17.3 Å². The number of benzene rings is 2. The molecule has 2 N–H and O–H groups in total. The summed E-state index contributed by atoms with van der Waals surface area (Å²) in [6.07, 6.45) is 4.66. The second kappa shape index (κ2) is 9.90. The average molecular weight is 370 g/mol. The Morgan fingerprint density at radius 3 is 2.69 bits per heavy atom. The van der Waals surface area contributed by atoms with Crippen LogP contribution in [0.4, 0.5) is 11.4 Å². The van der Waals surface area contributed by atoms with Gasteiger partial charge in [-0.25, -0.2) is 0 Å². The number of ether oxygens (including phenoxy) is 1. The van der Waals surface area contributed by atoms with Gasteiger partial charge in [0.1, 0.15) is 5.75 Å². The molecule has 0 fully saturated rings. The molecular weight excluding hydrogens is 352 g/mol. The Kier molecular flexibility index (Phi) is 7.26. The molecule has 0 aliphatic heterocycles. The van der Waals surface area contributed by atoms with Gasteiger partial charge in [-0.1, -0.05) is 12.1 Å². The molecule has 0 aliphatic carbocycles. The molecule has 7 nitrogen and oxygen atoms in total. The number of hydrogen-bond acceptors (Lipinski definition) is 5. The predicted octanol–water partition coefficient (Wildman–Crippen LogP) is 3.98. The van der Waals surface area contributed by atoms with Gasteiger partial charge in [0.15, 0.2) is 5.11 Å². The summed E-state index contributed by atoms with van der Waals surface area (Å²) in [5.41, 5.74) is 4.01. The van der Waals surface area contributed by atoms with Crippen LogP contribution in [0, 0.1) is 10.1 Å². The molecule has 2 aromatic carbocycles. The van der Waals surface area contributed by atoms with Gasteiger partial charge in [0.25, 0.3) is 5.69 Å². The normalized spacial score (nSPS) is 10.8. The number of nitro benzene ring substituents is 1. The highest BCUT2D eigenvalue weighted by atomic mass is 32.1. The second-order valence-electron chi connectivity index (χ2n) is 4.98. The van der Waals surface area contributed by atoms with E-state index in [1.807, 2.05) is 31.2 Å². The van der Waals surface area contributed by atoms with Crippen molar-refractivity contribution in [2.75, 3.05) is 11.9 Å². The molecule has 0 unspecified atom stereocenters. The van der Waals surface area contributed by atoms with Crippen LogP contribution in [0.2, 0.25) is 0 Å². The number of nitrogens with one attached hydrogen (secondary N) is 2. The minimum absolute atomic E-state index is 0.0396. The third-order valence-electron chi connectivity index (χ3n) is 3.16. The van der Waals surface area contributed by atoms with Crippen molar-refractivity contribution in [3.8, 4) is 5.75 Å². The standard InChI is InChI=1S/C18H18N4O3S/c1-2-25-16-11-9-15(10-12-16)20-18(26)21-19-13-5-7-14-6-3-4-8-17(14)22(23)24/h3-13H,2H2,1H3,(H2,20,21,26)/b7-5+,19-13-. The van der Waals surface area contributed by atoms with Gasteiger partial charge in [-0.3, -0.25) is 15.5 Å². The van der Waals surface area contributed by atoms with Gasteiger partial charge in [0, 0.05) is 18.0 Å². The highest BCUT2D eigenvalue weighted by Crippen LogP contribution is 2.18. The van der Waals surface area contributed by atoms with Crippen LogP contribution < -0.4 is 15.5 Å². The zero-order valence-electron chi connectivity index (χ0n) is 14.1. The molecule has 0 atom stereocenters. The maximum Gasteiger partial charge on any atom is 0.276 e. The van der Waals surface area contributed by atoms with E-state index >= 15 is 0 Å². The molecule has 0 saturated heterocycles. The molecule has 2 aromatic rings. The summed E-state index contributed by atoms with van der Waals surface area (Å²) >= 11 is 5.14. The zero-order chi connectivity index (χ0) is 18.8. The number of allylic oxidation sites excluding steroid dienone is 1. The molecule has 0 aromatic heterocycles. The zero-order valence-corrected chi connectivity index (χ0v) is 14.9. The molecule has 0 bridgehead atoms. The van der Waals surface area contributed by atoms with E-state index < -0.39 is 4.92 Å². The third kappa shape index (κ3) is 5.99. The summed E-state index contributed by atoms with van der Waals surface area (Å²) in [6, 6.07) is 13.8. The van der Waals surface area contributed by atoms with Gasteiger partial charge in [-0.2, -0.15) is 5.10 Å². The second-order valence-corrected chi connectivity index (χ2v) is 5.38. The molecule has 0 aliphatic rings. The highest BCUT2D eigenvalue weighted by Gasteiger charge is 2.08. The lowest BCUT2D eigenvalue weighted by atomic mass is 10.2. The molecule has 0 saturated carbocycles. The van der Waals surface area contributed by atoms with Crippen LogP contribution in [-0.4, -0.2) is 22.9 Å². The Balaban J connectivity index is 1.84.